The molecule has 0 saturated heterocycles. The number of nitrogens with zero attached hydrogens (tertiary/aromatic N) is 3. The van der Waals surface area contributed by atoms with E-state index >= 15 is 0 Å². The van der Waals surface area contributed by atoms with Gasteiger partial charge in [-0.15, -0.1) is 11.3 Å². The van der Waals surface area contributed by atoms with Gasteiger partial charge in [-0.3, -0.25) is 0 Å². The van der Waals surface area contributed by atoms with E-state index in [1.165, 1.54) is 0 Å². The highest BCUT2D eigenvalue weighted by Gasteiger charge is 2.13. The Morgan fingerprint density at radius 1 is 1.44 bits per heavy atom. The van der Waals surface area contributed by atoms with Crippen LogP contribution in [0.15, 0.2) is 23.4 Å². The number of thiazole rings is 1. The van der Waals surface area contributed by atoms with Crippen molar-refractivity contribution in [3.05, 3.63) is 34.8 Å². The minimum Gasteiger partial charge on any atom is -0.333 e. The van der Waals surface area contributed by atoms with Gasteiger partial charge in [-0.05, 0) is 12.3 Å². The molecule has 0 spiro atoms. The minimum absolute atomic E-state index is 0.0722. The molecular weight excluding hydrogens is 244 g/mol. The van der Waals surface area contributed by atoms with Crippen molar-refractivity contribution in [2.45, 2.75) is 39.3 Å². The molecule has 0 aromatic carbocycles. The number of aryl methyl sites for hydroxylation is 2. The average Bonchev–Trinajstić information content (AvgIpc) is 2.96. The predicted molar refractivity (Wildman–Crippen MR) is 74.4 cm³/mol. The highest BCUT2D eigenvalue weighted by molar-refractivity contribution is 7.07. The highest BCUT2D eigenvalue weighted by Crippen LogP contribution is 2.18. The normalized spacial score (nSPS) is 13.1. The van der Waals surface area contributed by atoms with Crippen LogP contribution in [0.4, 0.5) is 0 Å². The maximum atomic E-state index is 6.22. The Morgan fingerprint density at radius 3 is 2.94 bits per heavy atom. The lowest BCUT2D eigenvalue weighted by molar-refractivity contribution is 0.483. The molecule has 0 fully saturated rings. The van der Waals surface area contributed by atoms with Gasteiger partial charge in [0.2, 0.25) is 0 Å². The molecule has 2 aromatic rings. The summed E-state index contributed by atoms with van der Waals surface area (Å²) in [6, 6.07) is 0.0722. The fraction of sp³-hybridized carbons (Fsp3) is 0.538. The van der Waals surface area contributed by atoms with E-state index < -0.39 is 0 Å². The van der Waals surface area contributed by atoms with Crippen LogP contribution in [0.5, 0.6) is 0 Å². The molecule has 2 heterocycles. The third kappa shape index (κ3) is 3.40. The smallest absolute Gasteiger partial charge is 0.0948 e. The van der Waals surface area contributed by atoms with E-state index in [-0.39, 0.29) is 6.04 Å². The van der Waals surface area contributed by atoms with Gasteiger partial charge in [0.1, 0.15) is 0 Å². The van der Waals surface area contributed by atoms with Crippen molar-refractivity contribution < 1.29 is 0 Å². The number of rotatable bonds is 6. The van der Waals surface area contributed by atoms with E-state index in [2.05, 4.69) is 33.8 Å². The first kappa shape index (κ1) is 13.2. The topological polar surface area (TPSA) is 56.7 Å². The van der Waals surface area contributed by atoms with Gasteiger partial charge >= 0.3 is 0 Å². The Kier molecular flexibility index (Phi) is 4.49. The molecule has 0 saturated carbocycles. The van der Waals surface area contributed by atoms with Crippen LogP contribution in [0.25, 0.3) is 0 Å². The summed E-state index contributed by atoms with van der Waals surface area (Å²) in [4.78, 5) is 8.51. The first-order valence-electron chi connectivity index (χ1n) is 6.29. The molecule has 2 aromatic heterocycles. The fourth-order valence-corrected chi connectivity index (χ4v) is 2.64. The van der Waals surface area contributed by atoms with E-state index in [1.807, 2.05) is 18.0 Å². The van der Waals surface area contributed by atoms with E-state index in [0.717, 1.165) is 30.8 Å². The van der Waals surface area contributed by atoms with Gasteiger partial charge in [0.05, 0.1) is 23.2 Å². The number of hydrogen-bond donors (Lipinski definition) is 1. The Hall–Kier alpha value is -1.20. The Bertz CT molecular complexity index is 461. The average molecular weight is 264 g/mol. The van der Waals surface area contributed by atoms with Gasteiger partial charge in [-0.25, -0.2) is 9.97 Å². The zero-order chi connectivity index (χ0) is 13.0. The van der Waals surface area contributed by atoms with Crippen LogP contribution in [0.3, 0.4) is 0 Å². The highest BCUT2D eigenvalue weighted by atomic mass is 32.1. The third-order valence-corrected chi connectivity index (χ3v) is 3.58. The number of nitrogens with two attached hydrogens (primary N) is 1. The Labute approximate surface area is 112 Å². The second-order valence-electron chi connectivity index (χ2n) is 4.98. The standard InChI is InChI=1S/C13H20N4S/c1-10(2)5-12(14)13-6-15-8-17(13)4-3-11-7-18-9-16-11/h6-10,12H,3-5,14H2,1-2H3. The lowest BCUT2D eigenvalue weighted by Gasteiger charge is -2.16. The van der Waals surface area contributed by atoms with Crippen LogP contribution in [0.1, 0.15) is 37.7 Å². The number of hydrogen-bond acceptors (Lipinski definition) is 4. The predicted octanol–water partition coefficient (Wildman–Crippen LogP) is 2.63. The van der Waals surface area contributed by atoms with Gasteiger partial charge < -0.3 is 10.3 Å². The first-order valence-corrected chi connectivity index (χ1v) is 7.23. The molecule has 0 amide bonds. The zero-order valence-electron chi connectivity index (χ0n) is 10.9. The molecule has 0 bridgehead atoms. The molecular formula is C13H20N4S. The van der Waals surface area contributed by atoms with Crippen molar-refractivity contribution in [3.63, 3.8) is 0 Å². The Balaban J connectivity index is 1.99. The molecule has 2 N–H and O–H groups in total. The Morgan fingerprint density at radius 2 is 2.28 bits per heavy atom. The lowest BCUT2D eigenvalue weighted by atomic mass is 10.0. The van der Waals surface area contributed by atoms with Crippen molar-refractivity contribution in [2.75, 3.05) is 0 Å². The second kappa shape index (κ2) is 6.11. The van der Waals surface area contributed by atoms with Crippen LogP contribution >= 0.6 is 11.3 Å². The molecule has 4 nitrogen and oxygen atoms in total. The second-order valence-corrected chi connectivity index (χ2v) is 5.70. The summed E-state index contributed by atoms with van der Waals surface area (Å²) in [5.41, 5.74) is 10.3. The molecule has 98 valence electrons. The molecule has 2 rings (SSSR count). The molecule has 0 aliphatic carbocycles. The summed E-state index contributed by atoms with van der Waals surface area (Å²) in [7, 11) is 0. The summed E-state index contributed by atoms with van der Waals surface area (Å²) in [5.74, 6) is 0.599. The van der Waals surface area contributed by atoms with E-state index in [1.54, 1.807) is 11.3 Å². The minimum atomic E-state index is 0.0722. The summed E-state index contributed by atoms with van der Waals surface area (Å²) >= 11 is 1.64. The van der Waals surface area contributed by atoms with Gasteiger partial charge in [0, 0.05) is 30.6 Å². The molecule has 1 atom stereocenters. The van der Waals surface area contributed by atoms with E-state index in [0.29, 0.717) is 5.92 Å². The summed E-state index contributed by atoms with van der Waals surface area (Å²) < 4.78 is 2.15. The monoisotopic (exact) mass is 264 g/mol. The molecule has 0 aliphatic rings. The van der Waals surface area contributed by atoms with E-state index in [9.17, 15) is 0 Å². The van der Waals surface area contributed by atoms with Crippen molar-refractivity contribution in [1.29, 1.82) is 0 Å². The fourth-order valence-electron chi connectivity index (χ4n) is 2.05. The first-order chi connectivity index (χ1) is 8.66. The van der Waals surface area contributed by atoms with Crippen molar-refractivity contribution in [1.82, 2.24) is 14.5 Å². The maximum absolute atomic E-state index is 6.22. The molecule has 5 heteroatoms. The van der Waals surface area contributed by atoms with Gasteiger partial charge in [-0.1, -0.05) is 13.8 Å². The molecule has 0 aliphatic heterocycles. The number of aromatic nitrogens is 3. The van der Waals surface area contributed by atoms with Gasteiger partial charge in [0.25, 0.3) is 0 Å². The van der Waals surface area contributed by atoms with Crippen LogP contribution in [-0.4, -0.2) is 14.5 Å². The summed E-state index contributed by atoms with van der Waals surface area (Å²) in [5, 5.41) is 2.09. The lowest BCUT2D eigenvalue weighted by Crippen LogP contribution is -2.17. The number of imidazole rings is 1. The van der Waals surface area contributed by atoms with Crippen molar-refractivity contribution in [2.24, 2.45) is 11.7 Å². The molecule has 18 heavy (non-hydrogen) atoms. The maximum Gasteiger partial charge on any atom is 0.0948 e. The van der Waals surface area contributed by atoms with Crippen LogP contribution in [0, 0.1) is 5.92 Å². The van der Waals surface area contributed by atoms with Crippen molar-refractivity contribution in [3.8, 4) is 0 Å². The van der Waals surface area contributed by atoms with Crippen LogP contribution < -0.4 is 5.73 Å². The summed E-state index contributed by atoms with van der Waals surface area (Å²) in [6.45, 7) is 5.27. The SMILES string of the molecule is CC(C)CC(N)c1cncn1CCc1cscn1. The molecule has 0 radical (unpaired) electrons. The quantitative estimate of drug-likeness (QED) is 0.872. The van der Waals surface area contributed by atoms with Crippen LogP contribution in [0.2, 0.25) is 0 Å². The van der Waals surface area contributed by atoms with E-state index in [4.69, 9.17) is 5.73 Å². The zero-order valence-corrected chi connectivity index (χ0v) is 11.7. The molecule has 1 unspecified atom stereocenters. The van der Waals surface area contributed by atoms with Crippen molar-refractivity contribution >= 4 is 11.3 Å². The van der Waals surface area contributed by atoms with Gasteiger partial charge in [-0.2, -0.15) is 0 Å². The van der Waals surface area contributed by atoms with Gasteiger partial charge in [0.15, 0.2) is 0 Å². The van der Waals surface area contributed by atoms with Crippen LogP contribution in [-0.2, 0) is 13.0 Å². The largest absolute Gasteiger partial charge is 0.333 e. The summed E-state index contributed by atoms with van der Waals surface area (Å²) in [6.07, 6.45) is 5.67. The third-order valence-electron chi connectivity index (χ3n) is 2.94.